The molecule has 1 heterocycles. The van der Waals surface area contributed by atoms with Crippen molar-refractivity contribution in [2.75, 3.05) is 24.7 Å². The minimum atomic E-state index is 0.990. The number of hydrogen-bond donors (Lipinski definition) is 1. The lowest BCUT2D eigenvalue weighted by atomic mass is 9.86. The van der Waals surface area contributed by atoms with Gasteiger partial charge in [0.2, 0.25) is 0 Å². The number of unbranched alkanes of at least 4 members (excludes halogenated alkanes) is 2. The van der Waals surface area contributed by atoms with Gasteiger partial charge in [0.25, 0.3) is 0 Å². The van der Waals surface area contributed by atoms with E-state index in [1.165, 1.54) is 73.8 Å². The summed E-state index contributed by atoms with van der Waals surface area (Å²) >= 11 is 0. The highest BCUT2D eigenvalue weighted by atomic mass is 15.3. The van der Waals surface area contributed by atoms with E-state index in [9.17, 15) is 0 Å². The van der Waals surface area contributed by atoms with Crippen LogP contribution in [0.1, 0.15) is 90.2 Å². The standard InChI is InChI=1S/C14H24.C11H16N2.C2H6/c1-4-5-6-9-12(2)14-11-8-7-10-13(14)3;1-9-4-3-5-11(10(9)2)13-7-6-12-8-13;1-2/h3-11H2,1-2H3;3-5,12H,6-8H2,1-2H3;1-2H3/b14-12+;;. The Morgan fingerprint density at radius 1 is 1.10 bits per heavy atom. The highest BCUT2D eigenvalue weighted by molar-refractivity contribution is 5.56. The van der Waals surface area contributed by atoms with Crippen molar-refractivity contribution in [2.24, 2.45) is 0 Å². The summed E-state index contributed by atoms with van der Waals surface area (Å²) in [6, 6.07) is 6.51. The van der Waals surface area contributed by atoms with Gasteiger partial charge in [-0.25, -0.2) is 0 Å². The van der Waals surface area contributed by atoms with E-state index in [1.807, 2.05) is 13.8 Å². The van der Waals surface area contributed by atoms with Gasteiger partial charge in [0.05, 0.1) is 6.67 Å². The van der Waals surface area contributed by atoms with Crippen LogP contribution in [-0.2, 0) is 0 Å². The predicted molar refractivity (Wildman–Crippen MR) is 132 cm³/mol. The lowest BCUT2D eigenvalue weighted by Crippen LogP contribution is -2.21. The van der Waals surface area contributed by atoms with E-state index in [4.69, 9.17) is 0 Å². The molecule has 0 atom stereocenters. The summed E-state index contributed by atoms with van der Waals surface area (Å²) in [5, 5.41) is 3.34. The smallest absolute Gasteiger partial charge is 0.0683 e. The maximum Gasteiger partial charge on any atom is 0.0683 e. The van der Waals surface area contributed by atoms with E-state index >= 15 is 0 Å². The summed E-state index contributed by atoms with van der Waals surface area (Å²) in [4.78, 5) is 2.39. The number of benzene rings is 1. The van der Waals surface area contributed by atoms with E-state index in [0.717, 1.165) is 19.8 Å². The van der Waals surface area contributed by atoms with Crippen molar-refractivity contribution < 1.29 is 0 Å². The second-order valence-corrected chi connectivity index (χ2v) is 8.17. The number of rotatable bonds is 5. The van der Waals surface area contributed by atoms with Crippen LogP contribution in [0.4, 0.5) is 5.69 Å². The molecule has 164 valence electrons. The summed E-state index contributed by atoms with van der Waals surface area (Å²) < 4.78 is 0. The van der Waals surface area contributed by atoms with Gasteiger partial charge >= 0.3 is 0 Å². The van der Waals surface area contributed by atoms with Gasteiger partial charge in [0.1, 0.15) is 0 Å². The van der Waals surface area contributed by atoms with E-state index in [0.29, 0.717) is 0 Å². The molecule has 1 saturated carbocycles. The van der Waals surface area contributed by atoms with Gasteiger partial charge in [-0.1, -0.05) is 63.5 Å². The maximum atomic E-state index is 4.19. The van der Waals surface area contributed by atoms with Crippen LogP contribution in [0.25, 0.3) is 0 Å². The average molecular weight is 399 g/mol. The number of anilines is 1. The molecule has 0 radical (unpaired) electrons. The van der Waals surface area contributed by atoms with Crippen molar-refractivity contribution in [3.05, 3.63) is 52.6 Å². The molecular formula is C27H46N2. The minimum absolute atomic E-state index is 0.990. The molecule has 0 amide bonds. The normalized spacial score (nSPS) is 17.9. The second kappa shape index (κ2) is 14.4. The topological polar surface area (TPSA) is 15.3 Å². The molecule has 0 spiro atoms. The first-order chi connectivity index (χ1) is 14.0. The van der Waals surface area contributed by atoms with Gasteiger partial charge in [-0.05, 0) is 82.1 Å². The Hall–Kier alpha value is -1.54. The van der Waals surface area contributed by atoms with Crippen molar-refractivity contribution in [1.29, 1.82) is 0 Å². The SMILES string of the molecule is C=C1CCCC/C1=C(/C)CCCCC.CC.Cc1cccc(N2CCNC2)c1C. The van der Waals surface area contributed by atoms with Crippen molar-refractivity contribution in [3.8, 4) is 0 Å². The fraction of sp³-hybridized carbons (Fsp3) is 0.630. The molecule has 0 bridgehead atoms. The van der Waals surface area contributed by atoms with Crippen molar-refractivity contribution in [3.63, 3.8) is 0 Å². The third-order valence-corrected chi connectivity index (χ3v) is 6.03. The quantitative estimate of drug-likeness (QED) is 0.511. The van der Waals surface area contributed by atoms with Crippen LogP contribution >= 0.6 is 0 Å². The number of allylic oxidation sites excluding steroid dienone is 3. The van der Waals surface area contributed by atoms with Crippen LogP contribution in [-0.4, -0.2) is 19.8 Å². The Labute approximate surface area is 181 Å². The van der Waals surface area contributed by atoms with E-state index in [2.05, 4.69) is 62.7 Å². The molecule has 29 heavy (non-hydrogen) atoms. The number of nitrogens with one attached hydrogen (secondary N) is 1. The average Bonchev–Trinajstić information content (AvgIpc) is 3.27. The minimum Gasteiger partial charge on any atom is -0.357 e. The number of hydrogen-bond acceptors (Lipinski definition) is 2. The molecule has 1 aromatic carbocycles. The van der Waals surface area contributed by atoms with Gasteiger partial charge in [-0.2, -0.15) is 0 Å². The highest BCUT2D eigenvalue weighted by Crippen LogP contribution is 2.31. The van der Waals surface area contributed by atoms with Crippen LogP contribution in [0.2, 0.25) is 0 Å². The molecule has 1 saturated heterocycles. The van der Waals surface area contributed by atoms with Gasteiger partial charge in [0.15, 0.2) is 0 Å². The number of aryl methyl sites for hydroxylation is 1. The van der Waals surface area contributed by atoms with Crippen LogP contribution in [0.5, 0.6) is 0 Å². The molecule has 2 nitrogen and oxygen atoms in total. The highest BCUT2D eigenvalue weighted by Gasteiger charge is 2.13. The van der Waals surface area contributed by atoms with Crippen molar-refractivity contribution in [2.45, 2.75) is 92.9 Å². The van der Waals surface area contributed by atoms with Gasteiger partial charge in [-0.3, -0.25) is 5.32 Å². The zero-order chi connectivity index (χ0) is 21.6. The fourth-order valence-corrected chi connectivity index (χ4v) is 4.06. The molecule has 1 aliphatic heterocycles. The third kappa shape index (κ3) is 8.38. The summed E-state index contributed by atoms with van der Waals surface area (Å²) in [5.74, 6) is 0. The van der Waals surface area contributed by atoms with Crippen LogP contribution in [0.15, 0.2) is 41.5 Å². The zero-order valence-corrected chi connectivity index (χ0v) is 20.2. The lowest BCUT2D eigenvalue weighted by Gasteiger charge is -2.20. The fourth-order valence-electron chi connectivity index (χ4n) is 4.06. The molecule has 3 rings (SSSR count). The Morgan fingerprint density at radius 2 is 1.83 bits per heavy atom. The second-order valence-electron chi connectivity index (χ2n) is 8.17. The van der Waals surface area contributed by atoms with Gasteiger partial charge in [-0.15, -0.1) is 0 Å². The first-order valence-corrected chi connectivity index (χ1v) is 11.9. The Bertz CT molecular complexity index is 636. The zero-order valence-electron chi connectivity index (χ0n) is 20.2. The molecule has 1 N–H and O–H groups in total. The Morgan fingerprint density at radius 3 is 2.45 bits per heavy atom. The van der Waals surface area contributed by atoms with E-state index in [-0.39, 0.29) is 0 Å². The van der Waals surface area contributed by atoms with Gasteiger partial charge < -0.3 is 4.90 Å². The lowest BCUT2D eigenvalue weighted by molar-refractivity contribution is 0.658. The van der Waals surface area contributed by atoms with E-state index < -0.39 is 0 Å². The Balaban J connectivity index is 0.000000268. The van der Waals surface area contributed by atoms with Crippen molar-refractivity contribution in [1.82, 2.24) is 5.32 Å². The molecular weight excluding hydrogens is 352 g/mol. The molecule has 0 aromatic heterocycles. The molecule has 2 aliphatic rings. The largest absolute Gasteiger partial charge is 0.357 e. The summed E-state index contributed by atoms with van der Waals surface area (Å²) in [7, 11) is 0. The van der Waals surface area contributed by atoms with Crippen LogP contribution < -0.4 is 10.2 Å². The third-order valence-electron chi connectivity index (χ3n) is 6.03. The van der Waals surface area contributed by atoms with Crippen LogP contribution in [0, 0.1) is 13.8 Å². The number of nitrogens with zero attached hydrogens (tertiary/aromatic N) is 1. The molecule has 2 heteroatoms. The molecule has 1 aromatic rings. The Kier molecular flexibility index (Phi) is 12.7. The summed E-state index contributed by atoms with van der Waals surface area (Å²) in [6.45, 7) is 20.4. The summed E-state index contributed by atoms with van der Waals surface area (Å²) in [6.07, 6.45) is 10.6. The van der Waals surface area contributed by atoms with Crippen molar-refractivity contribution >= 4 is 5.69 Å². The molecule has 1 aliphatic carbocycles. The first kappa shape index (κ1) is 25.5. The predicted octanol–water partition coefficient (Wildman–Crippen LogP) is 7.71. The molecule has 2 fully saturated rings. The van der Waals surface area contributed by atoms with Gasteiger partial charge in [0, 0.05) is 18.8 Å². The monoisotopic (exact) mass is 398 g/mol. The van der Waals surface area contributed by atoms with Crippen LogP contribution in [0.3, 0.4) is 0 Å². The maximum absolute atomic E-state index is 4.19. The first-order valence-electron chi connectivity index (χ1n) is 11.9. The summed E-state index contributed by atoms with van der Waals surface area (Å²) in [5.41, 5.74) is 8.81. The molecule has 0 unspecified atom stereocenters. The van der Waals surface area contributed by atoms with E-state index in [1.54, 1.807) is 11.1 Å².